The zero-order chi connectivity index (χ0) is 14.8. The third kappa shape index (κ3) is 3.22. The topological polar surface area (TPSA) is 49.4 Å². The molecule has 1 fully saturated rings. The van der Waals surface area contributed by atoms with Gasteiger partial charge in [-0.15, -0.1) is 0 Å². The van der Waals surface area contributed by atoms with Crippen molar-refractivity contribution >= 4 is 10.0 Å². The van der Waals surface area contributed by atoms with Gasteiger partial charge in [0.1, 0.15) is 0 Å². The highest BCUT2D eigenvalue weighted by atomic mass is 32.2. The Morgan fingerprint density at radius 3 is 2.25 bits per heavy atom. The Morgan fingerprint density at radius 2 is 1.85 bits per heavy atom. The lowest BCUT2D eigenvalue weighted by atomic mass is 10.0. The van der Waals surface area contributed by atoms with Crippen LogP contribution in [0.5, 0.6) is 0 Å². The number of likely N-dealkylation sites (N-methyl/N-ethyl adjacent to an activating group) is 1. The predicted octanol–water partition coefficient (Wildman–Crippen LogP) is 1.87. The Bertz CT molecular complexity index is 533. The van der Waals surface area contributed by atoms with Gasteiger partial charge >= 0.3 is 0 Å². The van der Waals surface area contributed by atoms with E-state index in [1.165, 1.54) is 5.56 Å². The molecule has 1 aromatic rings. The first-order chi connectivity index (χ1) is 9.45. The quantitative estimate of drug-likeness (QED) is 0.872. The summed E-state index contributed by atoms with van der Waals surface area (Å²) in [6, 6.07) is 7.43. The van der Waals surface area contributed by atoms with E-state index in [-0.39, 0.29) is 6.04 Å². The maximum atomic E-state index is 12.6. The summed E-state index contributed by atoms with van der Waals surface area (Å²) >= 11 is 0. The lowest BCUT2D eigenvalue weighted by Crippen LogP contribution is -2.58. The Kier molecular flexibility index (Phi) is 4.83. The van der Waals surface area contributed by atoms with Crippen LogP contribution in [0.3, 0.4) is 0 Å². The van der Waals surface area contributed by atoms with Gasteiger partial charge in [-0.2, -0.15) is 4.31 Å². The molecule has 1 heterocycles. The Hall–Kier alpha value is -0.910. The molecule has 2 rings (SSSR count). The van der Waals surface area contributed by atoms with E-state index in [1.807, 2.05) is 19.1 Å². The minimum absolute atomic E-state index is 0.0975. The molecule has 0 aromatic heterocycles. The molecule has 0 amide bonds. The summed E-state index contributed by atoms with van der Waals surface area (Å²) in [5.41, 5.74) is 1.19. The summed E-state index contributed by atoms with van der Waals surface area (Å²) in [6.45, 7) is 8.22. The molecule has 0 spiro atoms. The summed E-state index contributed by atoms with van der Waals surface area (Å²) in [7, 11) is -3.36. The van der Waals surface area contributed by atoms with Crippen LogP contribution in [-0.2, 0) is 16.4 Å². The molecule has 20 heavy (non-hydrogen) atoms. The average molecular weight is 296 g/mol. The molecule has 112 valence electrons. The van der Waals surface area contributed by atoms with Crippen LogP contribution < -0.4 is 5.32 Å². The van der Waals surface area contributed by atoms with E-state index < -0.39 is 10.0 Å². The number of hydrogen-bond acceptors (Lipinski definition) is 3. The van der Waals surface area contributed by atoms with Crippen molar-refractivity contribution in [2.45, 2.75) is 38.1 Å². The monoisotopic (exact) mass is 296 g/mol. The van der Waals surface area contributed by atoms with Crippen LogP contribution in [-0.4, -0.2) is 38.4 Å². The van der Waals surface area contributed by atoms with Crippen LogP contribution in [0.25, 0.3) is 0 Å². The van der Waals surface area contributed by atoms with Crippen molar-refractivity contribution in [3.8, 4) is 0 Å². The van der Waals surface area contributed by atoms with Crippen LogP contribution in [0.15, 0.2) is 29.2 Å². The second-order valence-electron chi connectivity index (χ2n) is 5.76. The molecule has 1 aliphatic rings. The summed E-state index contributed by atoms with van der Waals surface area (Å²) < 4.78 is 26.9. The van der Waals surface area contributed by atoms with Gasteiger partial charge in [0.15, 0.2) is 0 Å². The number of sulfonamides is 1. The van der Waals surface area contributed by atoms with E-state index in [4.69, 9.17) is 0 Å². The molecule has 5 heteroatoms. The van der Waals surface area contributed by atoms with Crippen LogP contribution in [0.1, 0.15) is 26.3 Å². The second kappa shape index (κ2) is 6.24. The van der Waals surface area contributed by atoms with Gasteiger partial charge in [-0.3, -0.25) is 0 Å². The maximum Gasteiger partial charge on any atom is 0.243 e. The second-order valence-corrected chi connectivity index (χ2v) is 7.65. The fourth-order valence-electron chi connectivity index (χ4n) is 2.51. The van der Waals surface area contributed by atoms with E-state index in [0.29, 0.717) is 17.4 Å². The Labute approximate surface area is 122 Å². The largest absolute Gasteiger partial charge is 0.313 e. The van der Waals surface area contributed by atoms with E-state index >= 15 is 0 Å². The lowest BCUT2D eigenvalue weighted by molar-refractivity contribution is 0.249. The number of benzene rings is 1. The first kappa shape index (κ1) is 15.5. The Balaban J connectivity index is 2.20. The number of nitrogens with zero attached hydrogens (tertiary/aromatic N) is 1. The highest BCUT2D eigenvalue weighted by molar-refractivity contribution is 7.89. The molecule has 1 aromatic carbocycles. The number of rotatable bonds is 6. The van der Waals surface area contributed by atoms with Gasteiger partial charge in [-0.1, -0.05) is 32.9 Å². The van der Waals surface area contributed by atoms with Crippen molar-refractivity contribution in [3.63, 3.8) is 0 Å². The summed E-state index contributed by atoms with van der Waals surface area (Å²) in [4.78, 5) is 0.402. The summed E-state index contributed by atoms with van der Waals surface area (Å²) in [5, 5.41) is 3.12. The fourth-order valence-corrected chi connectivity index (χ4v) is 4.14. The molecule has 4 nitrogen and oxygen atoms in total. The minimum Gasteiger partial charge on any atom is -0.313 e. The maximum absolute atomic E-state index is 12.6. The van der Waals surface area contributed by atoms with Crippen molar-refractivity contribution in [1.29, 1.82) is 0 Å². The van der Waals surface area contributed by atoms with Gasteiger partial charge in [0.2, 0.25) is 10.0 Å². The van der Waals surface area contributed by atoms with Crippen molar-refractivity contribution in [2.24, 2.45) is 5.92 Å². The average Bonchev–Trinajstić information content (AvgIpc) is 2.33. The summed E-state index contributed by atoms with van der Waals surface area (Å²) in [6.07, 6.45) is 0.977. The fraction of sp³-hybridized carbons (Fsp3) is 0.600. The first-order valence-electron chi connectivity index (χ1n) is 7.26. The predicted molar refractivity (Wildman–Crippen MR) is 81.2 cm³/mol. The zero-order valence-electron chi connectivity index (χ0n) is 12.5. The molecule has 0 radical (unpaired) electrons. The molecule has 1 saturated heterocycles. The highest BCUT2D eigenvalue weighted by Crippen LogP contribution is 2.21. The van der Waals surface area contributed by atoms with E-state index in [9.17, 15) is 8.42 Å². The molecule has 0 bridgehead atoms. The standard InChI is InChI=1S/C15H24N2O2S/c1-4-17(14-10-16-11-14)20(18,19)15-7-5-13(6-8-15)9-12(2)3/h5-8,12,14,16H,4,9-11H2,1-3H3. The van der Waals surface area contributed by atoms with Gasteiger partial charge in [-0.05, 0) is 30.0 Å². The van der Waals surface area contributed by atoms with E-state index in [0.717, 1.165) is 19.5 Å². The SMILES string of the molecule is CCN(C1CNC1)S(=O)(=O)c1ccc(CC(C)C)cc1. The van der Waals surface area contributed by atoms with Crippen LogP contribution in [0, 0.1) is 5.92 Å². The van der Waals surface area contributed by atoms with Gasteiger partial charge in [0, 0.05) is 25.7 Å². The van der Waals surface area contributed by atoms with Gasteiger partial charge in [0.05, 0.1) is 4.90 Å². The molecule has 1 aliphatic heterocycles. The van der Waals surface area contributed by atoms with E-state index in [2.05, 4.69) is 19.2 Å². The number of nitrogens with one attached hydrogen (secondary N) is 1. The molecular formula is C15H24N2O2S. The normalized spacial score (nSPS) is 16.6. The van der Waals surface area contributed by atoms with Gasteiger partial charge in [0.25, 0.3) is 0 Å². The van der Waals surface area contributed by atoms with Crippen LogP contribution in [0.2, 0.25) is 0 Å². The lowest BCUT2D eigenvalue weighted by Gasteiger charge is -2.36. The molecular weight excluding hydrogens is 272 g/mol. The van der Waals surface area contributed by atoms with Crippen LogP contribution >= 0.6 is 0 Å². The summed E-state index contributed by atoms with van der Waals surface area (Å²) in [5.74, 6) is 0.575. The molecule has 1 N–H and O–H groups in total. The van der Waals surface area contributed by atoms with Crippen molar-refractivity contribution < 1.29 is 8.42 Å². The molecule has 0 atom stereocenters. The Morgan fingerprint density at radius 1 is 1.25 bits per heavy atom. The third-order valence-electron chi connectivity index (χ3n) is 3.65. The third-order valence-corrected chi connectivity index (χ3v) is 5.69. The van der Waals surface area contributed by atoms with Gasteiger partial charge < -0.3 is 5.32 Å². The minimum atomic E-state index is -3.36. The van der Waals surface area contributed by atoms with Crippen molar-refractivity contribution in [3.05, 3.63) is 29.8 Å². The molecule has 0 unspecified atom stereocenters. The van der Waals surface area contributed by atoms with Gasteiger partial charge in [-0.25, -0.2) is 8.42 Å². The first-order valence-corrected chi connectivity index (χ1v) is 8.70. The van der Waals surface area contributed by atoms with Crippen molar-refractivity contribution in [1.82, 2.24) is 9.62 Å². The number of hydrogen-bond donors (Lipinski definition) is 1. The highest BCUT2D eigenvalue weighted by Gasteiger charge is 2.33. The molecule has 0 aliphatic carbocycles. The zero-order valence-corrected chi connectivity index (χ0v) is 13.3. The molecule has 0 saturated carbocycles. The van der Waals surface area contributed by atoms with Crippen molar-refractivity contribution in [2.75, 3.05) is 19.6 Å². The smallest absolute Gasteiger partial charge is 0.243 e. The van der Waals surface area contributed by atoms with Crippen LogP contribution in [0.4, 0.5) is 0 Å². The van der Waals surface area contributed by atoms with E-state index in [1.54, 1.807) is 16.4 Å².